The second kappa shape index (κ2) is 3.76. The van der Waals surface area contributed by atoms with Gasteiger partial charge >= 0.3 is 0 Å². The number of aryl methyl sites for hydroxylation is 2. The molecule has 0 aliphatic rings. The molecule has 3 nitrogen and oxygen atoms in total. The third-order valence-electron chi connectivity index (χ3n) is 1.38. The molecule has 0 bridgehead atoms. The Morgan fingerprint density at radius 2 is 2.42 bits per heavy atom. The topological polar surface area (TPSA) is 34.9 Å². The third kappa shape index (κ3) is 2.37. The monoisotopic (exact) mass is 184 g/mol. The van der Waals surface area contributed by atoms with Gasteiger partial charge in [-0.2, -0.15) is 5.10 Å². The smallest absolute Gasteiger partial charge is 0.140 e. The summed E-state index contributed by atoms with van der Waals surface area (Å²) in [5.41, 5.74) is 0.989. The van der Waals surface area contributed by atoms with Gasteiger partial charge in [0.25, 0.3) is 0 Å². The van der Waals surface area contributed by atoms with Crippen LogP contribution in [0.15, 0.2) is 11.1 Å². The first-order chi connectivity index (χ1) is 5.59. The Bertz CT molecular complexity index is 293. The predicted octanol–water partition coefficient (Wildman–Crippen LogP) is 1.41. The minimum Gasteiger partial charge on any atom is -0.299 e. The van der Waals surface area contributed by atoms with Gasteiger partial charge in [-0.1, -0.05) is 11.8 Å². The largest absolute Gasteiger partial charge is 0.299 e. The van der Waals surface area contributed by atoms with Crippen molar-refractivity contribution in [1.29, 1.82) is 0 Å². The van der Waals surface area contributed by atoms with Crippen LogP contribution in [0.4, 0.5) is 0 Å². The van der Waals surface area contributed by atoms with Crippen molar-refractivity contribution in [1.82, 2.24) is 9.78 Å². The molecule has 0 saturated carbocycles. The zero-order valence-corrected chi connectivity index (χ0v) is 8.31. The van der Waals surface area contributed by atoms with Crippen molar-refractivity contribution in [3.63, 3.8) is 0 Å². The Labute approximate surface area is 76.1 Å². The summed E-state index contributed by atoms with van der Waals surface area (Å²) in [7, 11) is 1.88. The first-order valence-electron chi connectivity index (χ1n) is 3.72. The summed E-state index contributed by atoms with van der Waals surface area (Å²) in [4.78, 5) is 10.7. The number of nitrogens with zero attached hydrogens (tertiary/aromatic N) is 2. The molecule has 0 aliphatic heterocycles. The summed E-state index contributed by atoms with van der Waals surface area (Å²) < 4.78 is 1.79. The van der Waals surface area contributed by atoms with Crippen molar-refractivity contribution in [2.24, 2.45) is 7.05 Å². The minimum absolute atomic E-state index is 0.193. The van der Waals surface area contributed by atoms with Crippen molar-refractivity contribution < 1.29 is 4.79 Å². The normalized spacial score (nSPS) is 10.2. The number of Topliss-reactive ketones (excluding diaryl/α,β-unsaturated/α-hetero) is 1. The summed E-state index contributed by atoms with van der Waals surface area (Å²) >= 11 is 1.53. The van der Waals surface area contributed by atoms with Crippen molar-refractivity contribution >= 4 is 17.5 Å². The molecule has 0 N–H and O–H groups in total. The summed E-state index contributed by atoms with van der Waals surface area (Å²) in [6.45, 7) is 3.54. The molecule has 66 valence electrons. The van der Waals surface area contributed by atoms with Crippen LogP contribution >= 0.6 is 11.8 Å². The molecular weight excluding hydrogens is 172 g/mol. The van der Waals surface area contributed by atoms with Crippen LogP contribution in [-0.4, -0.2) is 21.3 Å². The predicted molar refractivity (Wildman–Crippen MR) is 49.4 cm³/mol. The van der Waals surface area contributed by atoms with Gasteiger partial charge < -0.3 is 0 Å². The van der Waals surface area contributed by atoms with E-state index >= 15 is 0 Å². The summed E-state index contributed by atoms with van der Waals surface area (Å²) in [5.74, 6) is 0.720. The van der Waals surface area contributed by atoms with E-state index in [2.05, 4.69) is 5.10 Å². The molecule has 0 aliphatic carbocycles. The molecule has 0 aromatic carbocycles. The molecule has 1 rings (SSSR count). The molecule has 0 spiro atoms. The lowest BCUT2D eigenvalue weighted by Crippen LogP contribution is -1.97. The van der Waals surface area contributed by atoms with E-state index < -0.39 is 0 Å². The lowest BCUT2D eigenvalue weighted by atomic mass is 10.5. The standard InChI is InChI=1S/C8H12N2OS/c1-6-4-8(10(3)9-6)12-5-7(2)11/h4H,5H2,1-3H3. The first-order valence-corrected chi connectivity index (χ1v) is 4.71. The number of thioether (sulfide) groups is 1. The van der Waals surface area contributed by atoms with Crippen molar-refractivity contribution in [3.8, 4) is 0 Å². The quantitative estimate of drug-likeness (QED) is 0.666. The van der Waals surface area contributed by atoms with Gasteiger partial charge in [-0.3, -0.25) is 9.48 Å². The Balaban J connectivity index is 2.62. The lowest BCUT2D eigenvalue weighted by molar-refractivity contribution is -0.114. The van der Waals surface area contributed by atoms with Crippen LogP contribution < -0.4 is 0 Å². The highest BCUT2D eigenvalue weighted by Gasteiger charge is 2.03. The maximum Gasteiger partial charge on any atom is 0.140 e. The van der Waals surface area contributed by atoms with E-state index in [-0.39, 0.29) is 5.78 Å². The van der Waals surface area contributed by atoms with E-state index in [1.54, 1.807) is 11.6 Å². The molecule has 4 heteroatoms. The zero-order chi connectivity index (χ0) is 9.14. The van der Waals surface area contributed by atoms with Gasteiger partial charge in [-0.15, -0.1) is 0 Å². The Morgan fingerprint density at radius 3 is 2.83 bits per heavy atom. The van der Waals surface area contributed by atoms with Crippen LogP contribution in [0.2, 0.25) is 0 Å². The first kappa shape index (κ1) is 9.32. The van der Waals surface area contributed by atoms with Gasteiger partial charge in [-0.05, 0) is 19.9 Å². The average molecular weight is 184 g/mol. The molecule has 1 aromatic heterocycles. The summed E-state index contributed by atoms with van der Waals surface area (Å²) in [6.07, 6.45) is 0. The fourth-order valence-corrected chi connectivity index (χ4v) is 1.73. The van der Waals surface area contributed by atoms with E-state index in [1.165, 1.54) is 11.8 Å². The summed E-state index contributed by atoms with van der Waals surface area (Å²) in [5, 5.41) is 5.22. The second-order valence-corrected chi connectivity index (χ2v) is 3.73. The lowest BCUT2D eigenvalue weighted by Gasteiger charge is -1.97. The molecule has 1 aromatic rings. The van der Waals surface area contributed by atoms with Gasteiger partial charge in [-0.25, -0.2) is 0 Å². The van der Waals surface area contributed by atoms with Crippen LogP contribution in [0.1, 0.15) is 12.6 Å². The average Bonchev–Trinajstić information content (AvgIpc) is 2.26. The molecule has 0 saturated heterocycles. The van der Waals surface area contributed by atoms with Crippen LogP contribution in [-0.2, 0) is 11.8 Å². The maximum atomic E-state index is 10.7. The molecule has 0 amide bonds. The second-order valence-electron chi connectivity index (χ2n) is 2.74. The van der Waals surface area contributed by atoms with Crippen molar-refractivity contribution in [2.75, 3.05) is 5.75 Å². The molecular formula is C8H12N2OS. The Morgan fingerprint density at radius 1 is 1.75 bits per heavy atom. The van der Waals surface area contributed by atoms with Crippen LogP contribution in [0.25, 0.3) is 0 Å². The SMILES string of the molecule is CC(=O)CSc1cc(C)nn1C. The van der Waals surface area contributed by atoms with Crippen molar-refractivity contribution in [3.05, 3.63) is 11.8 Å². The van der Waals surface area contributed by atoms with E-state index in [0.29, 0.717) is 5.75 Å². The zero-order valence-electron chi connectivity index (χ0n) is 7.50. The van der Waals surface area contributed by atoms with Crippen LogP contribution in [0.5, 0.6) is 0 Å². The highest BCUT2D eigenvalue weighted by Crippen LogP contribution is 2.17. The fraction of sp³-hybridized carbons (Fsp3) is 0.500. The minimum atomic E-state index is 0.193. The molecule has 0 radical (unpaired) electrons. The van der Waals surface area contributed by atoms with E-state index in [0.717, 1.165) is 10.7 Å². The van der Waals surface area contributed by atoms with E-state index in [1.807, 2.05) is 20.0 Å². The Kier molecular flexibility index (Phi) is 2.92. The molecule has 0 unspecified atom stereocenters. The van der Waals surface area contributed by atoms with Crippen LogP contribution in [0.3, 0.4) is 0 Å². The fourth-order valence-electron chi connectivity index (χ4n) is 0.898. The number of hydrogen-bond acceptors (Lipinski definition) is 3. The number of aromatic nitrogens is 2. The van der Waals surface area contributed by atoms with Gasteiger partial charge in [0, 0.05) is 7.05 Å². The number of carbonyl (C=O) groups excluding carboxylic acids is 1. The molecule has 12 heavy (non-hydrogen) atoms. The van der Waals surface area contributed by atoms with E-state index in [9.17, 15) is 4.79 Å². The van der Waals surface area contributed by atoms with Gasteiger partial charge in [0.15, 0.2) is 0 Å². The highest BCUT2D eigenvalue weighted by atomic mass is 32.2. The summed E-state index contributed by atoms with van der Waals surface area (Å²) in [6, 6.07) is 1.98. The Hall–Kier alpha value is -0.770. The molecule has 0 atom stereocenters. The number of hydrogen-bond donors (Lipinski definition) is 0. The highest BCUT2D eigenvalue weighted by molar-refractivity contribution is 7.99. The molecule has 0 fully saturated rings. The van der Waals surface area contributed by atoms with Gasteiger partial charge in [0.1, 0.15) is 5.78 Å². The van der Waals surface area contributed by atoms with Crippen molar-refractivity contribution in [2.45, 2.75) is 18.9 Å². The number of carbonyl (C=O) groups is 1. The maximum absolute atomic E-state index is 10.7. The molecule has 1 heterocycles. The van der Waals surface area contributed by atoms with Gasteiger partial charge in [0.05, 0.1) is 16.5 Å². The van der Waals surface area contributed by atoms with Gasteiger partial charge in [0.2, 0.25) is 0 Å². The van der Waals surface area contributed by atoms with Crippen LogP contribution in [0, 0.1) is 6.92 Å². The third-order valence-corrected chi connectivity index (χ3v) is 2.61. The van der Waals surface area contributed by atoms with E-state index in [4.69, 9.17) is 0 Å². The number of rotatable bonds is 3. The number of ketones is 1.